The monoisotopic (exact) mass is 390 g/mol. The lowest BCUT2D eigenvalue weighted by molar-refractivity contribution is -0.121. The lowest BCUT2D eigenvalue weighted by Crippen LogP contribution is -2.35. The van der Waals surface area contributed by atoms with E-state index in [0.29, 0.717) is 19.5 Å². The third kappa shape index (κ3) is 5.53. The van der Waals surface area contributed by atoms with Crippen molar-refractivity contribution in [2.75, 3.05) is 11.4 Å². The molecule has 0 aliphatic heterocycles. The van der Waals surface area contributed by atoms with E-state index in [-0.39, 0.29) is 11.9 Å². The first-order chi connectivity index (χ1) is 14.1. The standard InChI is InChI=1S/C24H30N4O/c1-4-18(3)25-23(29)15-16-28(17-19-11-7-6-8-12-19)24-20-13-9-10-14-21(20)26-22(5-2)27-24/h6-14,18H,4-5,15-17H2,1-3H3,(H,25,29)/t18-/m0/s1. The van der Waals surface area contributed by atoms with Crippen molar-refractivity contribution in [3.63, 3.8) is 0 Å². The molecule has 29 heavy (non-hydrogen) atoms. The van der Waals surface area contributed by atoms with Crippen LogP contribution in [0.2, 0.25) is 0 Å². The number of para-hydroxylation sites is 1. The predicted molar refractivity (Wildman–Crippen MR) is 119 cm³/mol. The van der Waals surface area contributed by atoms with Gasteiger partial charge < -0.3 is 10.2 Å². The average molecular weight is 391 g/mol. The zero-order valence-electron chi connectivity index (χ0n) is 17.6. The molecular weight excluding hydrogens is 360 g/mol. The number of nitrogens with one attached hydrogen (secondary N) is 1. The van der Waals surface area contributed by atoms with Gasteiger partial charge in [-0.15, -0.1) is 0 Å². The van der Waals surface area contributed by atoms with E-state index >= 15 is 0 Å². The molecule has 3 rings (SSSR count). The fourth-order valence-electron chi connectivity index (χ4n) is 3.26. The Hall–Kier alpha value is -2.95. The molecule has 0 saturated heterocycles. The Morgan fingerprint density at radius 2 is 1.76 bits per heavy atom. The van der Waals surface area contributed by atoms with Crippen molar-refractivity contribution in [2.45, 2.75) is 52.6 Å². The molecule has 1 heterocycles. The number of hydrogen-bond acceptors (Lipinski definition) is 4. The summed E-state index contributed by atoms with van der Waals surface area (Å²) in [5.74, 6) is 1.79. The van der Waals surface area contributed by atoms with Crippen molar-refractivity contribution in [3.8, 4) is 0 Å². The van der Waals surface area contributed by atoms with Crippen molar-refractivity contribution < 1.29 is 4.79 Å². The summed E-state index contributed by atoms with van der Waals surface area (Å²) >= 11 is 0. The molecule has 5 nitrogen and oxygen atoms in total. The first-order valence-electron chi connectivity index (χ1n) is 10.4. The van der Waals surface area contributed by atoms with Crippen molar-refractivity contribution in [1.29, 1.82) is 0 Å². The maximum atomic E-state index is 12.4. The Balaban J connectivity index is 1.92. The summed E-state index contributed by atoms with van der Waals surface area (Å²) in [5, 5.41) is 4.08. The Morgan fingerprint density at radius 3 is 2.48 bits per heavy atom. The Morgan fingerprint density at radius 1 is 1.03 bits per heavy atom. The van der Waals surface area contributed by atoms with Crippen LogP contribution < -0.4 is 10.2 Å². The van der Waals surface area contributed by atoms with Gasteiger partial charge in [0.2, 0.25) is 5.91 Å². The number of rotatable bonds is 9. The Bertz CT molecular complexity index is 942. The smallest absolute Gasteiger partial charge is 0.221 e. The molecule has 1 N–H and O–H groups in total. The summed E-state index contributed by atoms with van der Waals surface area (Å²) in [5.41, 5.74) is 2.13. The van der Waals surface area contributed by atoms with Crippen molar-refractivity contribution in [3.05, 3.63) is 66.0 Å². The average Bonchev–Trinajstić information content (AvgIpc) is 2.76. The van der Waals surface area contributed by atoms with E-state index in [2.05, 4.69) is 47.2 Å². The number of benzene rings is 2. The second-order valence-corrected chi connectivity index (χ2v) is 7.37. The van der Waals surface area contributed by atoms with Crippen LogP contribution in [-0.2, 0) is 17.8 Å². The van der Waals surface area contributed by atoms with Crippen molar-refractivity contribution >= 4 is 22.6 Å². The summed E-state index contributed by atoms with van der Waals surface area (Å²) in [6, 6.07) is 18.6. The Kier molecular flexibility index (Phi) is 7.17. The molecule has 2 aromatic carbocycles. The van der Waals surface area contributed by atoms with Gasteiger partial charge in [0.1, 0.15) is 11.6 Å². The number of carbonyl (C=O) groups is 1. The number of amides is 1. The highest BCUT2D eigenvalue weighted by Gasteiger charge is 2.16. The highest BCUT2D eigenvalue weighted by Crippen LogP contribution is 2.26. The van der Waals surface area contributed by atoms with Crippen LogP contribution in [0.4, 0.5) is 5.82 Å². The molecule has 152 valence electrons. The summed E-state index contributed by atoms with van der Waals surface area (Å²) < 4.78 is 0. The molecule has 1 aromatic heterocycles. The molecule has 0 fully saturated rings. The summed E-state index contributed by atoms with van der Waals surface area (Å²) in [6.45, 7) is 7.47. The largest absolute Gasteiger partial charge is 0.354 e. The zero-order valence-corrected chi connectivity index (χ0v) is 17.6. The van der Waals surface area contributed by atoms with Gasteiger partial charge in [0.05, 0.1) is 5.52 Å². The van der Waals surface area contributed by atoms with Crippen LogP contribution in [0.3, 0.4) is 0 Å². The fraction of sp³-hybridized carbons (Fsp3) is 0.375. The van der Waals surface area contributed by atoms with Gasteiger partial charge in [-0.1, -0.05) is 56.3 Å². The minimum absolute atomic E-state index is 0.0755. The SMILES string of the molecule is CCc1nc(N(CCC(=O)N[C@@H](C)CC)Cc2ccccc2)c2ccccc2n1. The van der Waals surface area contributed by atoms with E-state index in [4.69, 9.17) is 4.98 Å². The van der Waals surface area contributed by atoms with Gasteiger partial charge in [-0.3, -0.25) is 4.79 Å². The second kappa shape index (κ2) is 10.0. The van der Waals surface area contributed by atoms with E-state index in [1.807, 2.05) is 43.3 Å². The summed E-state index contributed by atoms with van der Waals surface area (Å²) in [4.78, 5) is 24.1. The lowest BCUT2D eigenvalue weighted by Gasteiger charge is -2.26. The van der Waals surface area contributed by atoms with E-state index in [9.17, 15) is 4.79 Å². The van der Waals surface area contributed by atoms with Crippen LogP contribution in [0.15, 0.2) is 54.6 Å². The molecule has 0 radical (unpaired) electrons. The van der Waals surface area contributed by atoms with Crippen LogP contribution in [0, 0.1) is 0 Å². The molecule has 0 aliphatic carbocycles. The molecule has 5 heteroatoms. The lowest BCUT2D eigenvalue weighted by atomic mass is 10.1. The van der Waals surface area contributed by atoms with Crippen LogP contribution in [0.5, 0.6) is 0 Å². The third-order valence-electron chi connectivity index (χ3n) is 5.09. The number of nitrogens with zero attached hydrogens (tertiary/aromatic N) is 3. The van der Waals surface area contributed by atoms with Crippen LogP contribution >= 0.6 is 0 Å². The van der Waals surface area contributed by atoms with Crippen LogP contribution in [0.1, 0.15) is 45.0 Å². The molecule has 0 saturated carbocycles. The number of hydrogen-bond donors (Lipinski definition) is 1. The van der Waals surface area contributed by atoms with Gasteiger partial charge in [-0.25, -0.2) is 9.97 Å². The van der Waals surface area contributed by atoms with E-state index in [1.165, 1.54) is 5.56 Å². The Labute approximate surface area is 173 Å². The normalized spacial score (nSPS) is 12.0. The van der Waals surface area contributed by atoms with Crippen LogP contribution in [0.25, 0.3) is 10.9 Å². The van der Waals surface area contributed by atoms with E-state index < -0.39 is 0 Å². The minimum Gasteiger partial charge on any atom is -0.354 e. The first-order valence-corrected chi connectivity index (χ1v) is 10.4. The number of anilines is 1. The molecule has 1 atom stereocenters. The topological polar surface area (TPSA) is 58.1 Å². The molecule has 0 unspecified atom stereocenters. The fourth-order valence-corrected chi connectivity index (χ4v) is 3.26. The highest BCUT2D eigenvalue weighted by atomic mass is 16.1. The van der Waals surface area contributed by atoms with Crippen molar-refractivity contribution in [1.82, 2.24) is 15.3 Å². The number of aromatic nitrogens is 2. The van der Waals surface area contributed by atoms with Gasteiger partial charge in [-0.2, -0.15) is 0 Å². The molecule has 0 aliphatic rings. The van der Waals surface area contributed by atoms with Gasteiger partial charge in [0, 0.05) is 37.4 Å². The summed E-state index contributed by atoms with van der Waals surface area (Å²) in [6.07, 6.45) is 2.12. The second-order valence-electron chi connectivity index (χ2n) is 7.37. The molecule has 0 spiro atoms. The first kappa shape index (κ1) is 20.8. The predicted octanol–water partition coefficient (Wildman–Crippen LogP) is 4.50. The number of fused-ring (bicyclic) bond motifs is 1. The van der Waals surface area contributed by atoms with Gasteiger partial charge in [-0.05, 0) is 31.0 Å². The number of aryl methyl sites for hydroxylation is 1. The maximum absolute atomic E-state index is 12.4. The third-order valence-corrected chi connectivity index (χ3v) is 5.09. The number of carbonyl (C=O) groups excluding carboxylic acids is 1. The van der Waals surface area contributed by atoms with Gasteiger partial charge in [0.25, 0.3) is 0 Å². The van der Waals surface area contributed by atoms with E-state index in [1.54, 1.807) is 0 Å². The maximum Gasteiger partial charge on any atom is 0.221 e. The molecule has 3 aromatic rings. The molecular formula is C24H30N4O. The zero-order chi connectivity index (χ0) is 20.6. The molecule has 0 bridgehead atoms. The minimum atomic E-state index is 0.0755. The van der Waals surface area contributed by atoms with Crippen molar-refractivity contribution in [2.24, 2.45) is 0 Å². The highest BCUT2D eigenvalue weighted by molar-refractivity contribution is 5.89. The van der Waals surface area contributed by atoms with Gasteiger partial charge in [0.15, 0.2) is 0 Å². The van der Waals surface area contributed by atoms with E-state index in [0.717, 1.165) is 35.4 Å². The summed E-state index contributed by atoms with van der Waals surface area (Å²) in [7, 11) is 0. The van der Waals surface area contributed by atoms with Crippen LogP contribution in [-0.4, -0.2) is 28.5 Å². The quantitative estimate of drug-likeness (QED) is 0.584. The van der Waals surface area contributed by atoms with Gasteiger partial charge >= 0.3 is 0 Å². The molecule has 1 amide bonds.